The SMILES string of the molecule is Cc1ccc2nc([C@H]3CCCCN3C(=O)Cc3ccc(-n4nnnc4C)cc3)[nH]c2c1. The first-order chi connectivity index (χ1) is 15.1. The van der Waals surface area contributed by atoms with Gasteiger partial charge in [0.2, 0.25) is 5.91 Å². The van der Waals surface area contributed by atoms with Gasteiger partial charge < -0.3 is 9.88 Å². The summed E-state index contributed by atoms with van der Waals surface area (Å²) in [7, 11) is 0. The fourth-order valence-electron chi connectivity index (χ4n) is 4.32. The van der Waals surface area contributed by atoms with Crippen molar-refractivity contribution < 1.29 is 4.79 Å². The molecule has 0 saturated carbocycles. The Hall–Kier alpha value is -3.55. The Morgan fingerprint density at radius 1 is 1.13 bits per heavy atom. The van der Waals surface area contributed by atoms with Crippen LogP contribution in [0.5, 0.6) is 0 Å². The van der Waals surface area contributed by atoms with Crippen LogP contribution < -0.4 is 0 Å². The largest absolute Gasteiger partial charge is 0.340 e. The molecular weight excluding hydrogens is 390 g/mol. The molecule has 5 rings (SSSR count). The maximum absolute atomic E-state index is 13.2. The van der Waals surface area contributed by atoms with Crippen molar-refractivity contribution in [1.29, 1.82) is 0 Å². The van der Waals surface area contributed by atoms with Gasteiger partial charge in [0.05, 0.1) is 29.2 Å². The monoisotopic (exact) mass is 415 g/mol. The van der Waals surface area contributed by atoms with Crippen LogP contribution in [0.15, 0.2) is 42.5 Å². The van der Waals surface area contributed by atoms with Gasteiger partial charge in [-0.1, -0.05) is 18.2 Å². The molecule has 1 N–H and O–H groups in total. The first-order valence-electron chi connectivity index (χ1n) is 10.7. The standard InChI is InChI=1S/C23H25N7O/c1-15-6-11-19-20(13-15)25-23(24-19)21-5-3-4-12-29(21)22(31)14-17-7-9-18(10-8-17)30-16(2)26-27-28-30/h6-11,13,21H,3-5,12,14H2,1-2H3,(H,24,25)/t21-/m1/s1. The lowest BCUT2D eigenvalue weighted by atomic mass is 10.00. The van der Waals surface area contributed by atoms with Gasteiger partial charge in [0, 0.05) is 6.54 Å². The second-order valence-electron chi connectivity index (χ2n) is 8.22. The summed E-state index contributed by atoms with van der Waals surface area (Å²) < 4.78 is 1.68. The van der Waals surface area contributed by atoms with E-state index in [1.807, 2.05) is 42.2 Å². The molecule has 1 atom stereocenters. The third kappa shape index (κ3) is 3.81. The molecule has 1 saturated heterocycles. The Morgan fingerprint density at radius 3 is 2.74 bits per heavy atom. The molecule has 0 spiro atoms. The number of H-pyrrole nitrogens is 1. The lowest BCUT2D eigenvalue weighted by molar-refractivity contribution is -0.134. The number of fused-ring (bicyclic) bond motifs is 1. The summed E-state index contributed by atoms with van der Waals surface area (Å²) in [6.07, 6.45) is 3.43. The van der Waals surface area contributed by atoms with Crippen LogP contribution in [0, 0.1) is 13.8 Å². The Balaban J connectivity index is 1.35. The average Bonchev–Trinajstić information content (AvgIpc) is 3.40. The molecule has 8 nitrogen and oxygen atoms in total. The zero-order valence-corrected chi connectivity index (χ0v) is 17.7. The minimum absolute atomic E-state index is 0.00268. The Bertz CT molecular complexity index is 1220. The topological polar surface area (TPSA) is 92.6 Å². The molecular formula is C23H25N7O. The Morgan fingerprint density at radius 2 is 1.97 bits per heavy atom. The fraction of sp³-hybridized carbons (Fsp3) is 0.348. The summed E-state index contributed by atoms with van der Waals surface area (Å²) in [6, 6.07) is 14.0. The van der Waals surface area contributed by atoms with E-state index in [9.17, 15) is 4.79 Å². The van der Waals surface area contributed by atoms with Crippen molar-refractivity contribution in [3.05, 3.63) is 65.2 Å². The van der Waals surface area contributed by atoms with Crippen LogP contribution in [0.4, 0.5) is 0 Å². The highest BCUT2D eigenvalue weighted by Crippen LogP contribution is 2.31. The van der Waals surface area contributed by atoms with Crippen molar-refractivity contribution in [2.75, 3.05) is 6.54 Å². The number of likely N-dealkylation sites (tertiary alicyclic amines) is 1. The highest BCUT2D eigenvalue weighted by Gasteiger charge is 2.30. The number of imidazole rings is 1. The normalized spacial score (nSPS) is 16.7. The molecule has 1 aliphatic rings. The maximum Gasteiger partial charge on any atom is 0.227 e. The first-order valence-corrected chi connectivity index (χ1v) is 10.7. The van der Waals surface area contributed by atoms with E-state index in [0.29, 0.717) is 6.42 Å². The second kappa shape index (κ2) is 7.94. The summed E-state index contributed by atoms with van der Waals surface area (Å²) in [6.45, 7) is 4.69. The predicted molar refractivity (Wildman–Crippen MR) is 117 cm³/mol. The van der Waals surface area contributed by atoms with E-state index < -0.39 is 0 Å². The molecule has 8 heteroatoms. The van der Waals surface area contributed by atoms with Crippen LogP contribution in [-0.4, -0.2) is 47.5 Å². The molecule has 1 aliphatic heterocycles. The molecule has 2 aromatic heterocycles. The van der Waals surface area contributed by atoms with Crippen molar-refractivity contribution in [3.8, 4) is 5.69 Å². The van der Waals surface area contributed by atoms with Crippen LogP contribution in [0.3, 0.4) is 0 Å². The third-order valence-corrected chi connectivity index (χ3v) is 5.96. The number of rotatable bonds is 4. The number of aromatic amines is 1. The number of carbonyl (C=O) groups is 1. The lowest BCUT2D eigenvalue weighted by Gasteiger charge is -2.34. The van der Waals surface area contributed by atoms with E-state index in [1.165, 1.54) is 5.56 Å². The molecule has 31 heavy (non-hydrogen) atoms. The fourth-order valence-corrected chi connectivity index (χ4v) is 4.32. The Kier molecular flexibility index (Phi) is 4.97. The van der Waals surface area contributed by atoms with Gasteiger partial charge in [-0.3, -0.25) is 4.79 Å². The number of tetrazole rings is 1. The third-order valence-electron chi connectivity index (χ3n) is 5.96. The predicted octanol–water partition coefficient (Wildman–Crippen LogP) is 3.45. The lowest BCUT2D eigenvalue weighted by Crippen LogP contribution is -2.39. The van der Waals surface area contributed by atoms with Crippen LogP contribution in [0.25, 0.3) is 16.7 Å². The van der Waals surface area contributed by atoms with Crippen LogP contribution in [0.2, 0.25) is 0 Å². The summed E-state index contributed by atoms with van der Waals surface area (Å²) in [4.78, 5) is 23.5. The van der Waals surface area contributed by atoms with Gasteiger partial charge in [-0.25, -0.2) is 4.98 Å². The van der Waals surface area contributed by atoms with Gasteiger partial charge in [-0.15, -0.1) is 5.10 Å². The van der Waals surface area contributed by atoms with Crippen LogP contribution in [-0.2, 0) is 11.2 Å². The number of nitrogens with zero attached hydrogens (tertiary/aromatic N) is 6. The number of piperidine rings is 1. The van der Waals surface area contributed by atoms with Crippen molar-refractivity contribution in [1.82, 2.24) is 35.1 Å². The molecule has 0 bridgehead atoms. The minimum Gasteiger partial charge on any atom is -0.340 e. The van der Waals surface area contributed by atoms with E-state index in [0.717, 1.165) is 59.7 Å². The van der Waals surface area contributed by atoms with Gasteiger partial charge >= 0.3 is 0 Å². The molecule has 1 fully saturated rings. The van der Waals surface area contributed by atoms with Gasteiger partial charge in [0.15, 0.2) is 5.82 Å². The second-order valence-corrected chi connectivity index (χ2v) is 8.22. The molecule has 0 aliphatic carbocycles. The van der Waals surface area contributed by atoms with Gasteiger partial charge in [0.25, 0.3) is 0 Å². The summed E-state index contributed by atoms with van der Waals surface area (Å²) in [5.41, 5.74) is 5.03. The number of aryl methyl sites for hydroxylation is 2. The maximum atomic E-state index is 13.2. The van der Waals surface area contributed by atoms with Crippen molar-refractivity contribution >= 4 is 16.9 Å². The van der Waals surface area contributed by atoms with Gasteiger partial charge in [-0.05, 0) is 78.9 Å². The van der Waals surface area contributed by atoms with E-state index in [2.05, 4.69) is 39.6 Å². The van der Waals surface area contributed by atoms with E-state index in [4.69, 9.17) is 4.98 Å². The quantitative estimate of drug-likeness (QED) is 0.551. The smallest absolute Gasteiger partial charge is 0.227 e. The van der Waals surface area contributed by atoms with E-state index in [1.54, 1.807) is 4.68 Å². The number of benzene rings is 2. The number of carbonyl (C=O) groups excluding carboxylic acids is 1. The van der Waals surface area contributed by atoms with E-state index >= 15 is 0 Å². The number of hydrogen-bond acceptors (Lipinski definition) is 5. The molecule has 0 unspecified atom stereocenters. The number of hydrogen-bond donors (Lipinski definition) is 1. The molecule has 1 amide bonds. The molecule has 0 radical (unpaired) electrons. The average molecular weight is 416 g/mol. The van der Waals surface area contributed by atoms with Crippen LogP contribution >= 0.6 is 0 Å². The van der Waals surface area contributed by atoms with Crippen LogP contribution in [0.1, 0.15) is 48.1 Å². The minimum atomic E-state index is -0.00268. The molecule has 3 heterocycles. The van der Waals surface area contributed by atoms with Crippen molar-refractivity contribution in [2.45, 2.75) is 45.6 Å². The van der Waals surface area contributed by atoms with Gasteiger partial charge in [-0.2, -0.15) is 4.68 Å². The Labute approximate surface area is 180 Å². The molecule has 2 aromatic carbocycles. The molecule has 4 aromatic rings. The highest BCUT2D eigenvalue weighted by atomic mass is 16.2. The number of amides is 1. The van der Waals surface area contributed by atoms with E-state index in [-0.39, 0.29) is 11.9 Å². The number of aromatic nitrogens is 6. The summed E-state index contributed by atoms with van der Waals surface area (Å²) in [5, 5.41) is 11.6. The summed E-state index contributed by atoms with van der Waals surface area (Å²) in [5.74, 6) is 1.74. The number of nitrogens with one attached hydrogen (secondary N) is 1. The van der Waals surface area contributed by atoms with Gasteiger partial charge in [0.1, 0.15) is 5.82 Å². The first kappa shape index (κ1) is 19.4. The zero-order chi connectivity index (χ0) is 21.4. The zero-order valence-electron chi connectivity index (χ0n) is 17.7. The highest BCUT2D eigenvalue weighted by molar-refractivity contribution is 5.80. The van der Waals surface area contributed by atoms with Crippen molar-refractivity contribution in [2.24, 2.45) is 0 Å². The summed E-state index contributed by atoms with van der Waals surface area (Å²) >= 11 is 0. The molecule has 158 valence electrons. The van der Waals surface area contributed by atoms with Crippen molar-refractivity contribution in [3.63, 3.8) is 0 Å².